The summed E-state index contributed by atoms with van der Waals surface area (Å²) >= 11 is 0. The van der Waals surface area contributed by atoms with Gasteiger partial charge in [-0.1, -0.05) is 30.3 Å². The van der Waals surface area contributed by atoms with Crippen LogP contribution in [0.25, 0.3) is 0 Å². The molecule has 2 aromatic rings. The number of carbonyl (C=O) groups excluding carboxylic acids is 2. The first-order chi connectivity index (χ1) is 11.1. The van der Waals surface area contributed by atoms with E-state index < -0.39 is 0 Å². The third kappa shape index (κ3) is 5.23. The molecule has 5 heteroatoms. The van der Waals surface area contributed by atoms with Crippen LogP contribution in [-0.4, -0.2) is 17.9 Å². The van der Waals surface area contributed by atoms with Crippen LogP contribution in [0.4, 0.5) is 0 Å². The third-order valence-corrected chi connectivity index (χ3v) is 3.12. The molecule has 0 aliphatic carbocycles. The normalized spacial score (nSPS) is 10.4. The highest BCUT2D eigenvalue weighted by Crippen LogP contribution is 2.07. The molecule has 23 heavy (non-hydrogen) atoms. The molecule has 0 aromatic heterocycles. The second-order valence-electron chi connectivity index (χ2n) is 5.33. The Balaban J connectivity index is 1.87. The summed E-state index contributed by atoms with van der Waals surface area (Å²) in [7, 11) is 0. The van der Waals surface area contributed by atoms with E-state index in [-0.39, 0.29) is 17.9 Å². The van der Waals surface area contributed by atoms with E-state index in [1.165, 1.54) is 0 Å². The summed E-state index contributed by atoms with van der Waals surface area (Å²) < 4.78 is 5.50. The van der Waals surface area contributed by atoms with Crippen LogP contribution in [0.2, 0.25) is 0 Å². The molecule has 0 saturated carbocycles. The lowest BCUT2D eigenvalue weighted by molar-refractivity contribution is 0.0656. The van der Waals surface area contributed by atoms with Crippen molar-refractivity contribution < 1.29 is 14.3 Å². The molecule has 0 bridgehead atoms. The number of rotatable bonds is 5. The maximum Gasteiger partial charge on any atom is 0.269 e. The lowest BCUT2D eigenvalue weighted by atomic mass is 10.1. The molecule has 2 rings (SSSR count). The van der Waals surface area contributed by atoms with Gasteiger partial charge in [-0.05, 0) is 43.7 Å². The summed E-state index contributed by atoms with van der Waals surface area (Å²) in [5.74, 6) is -0.730. The second-order valence-corrected chi connectivity index (χ2v) is 5.33. The summed E-state index contributed by atoms with van der Waals surface area (Å²) in [6.45, 7) is 4.44. The lowest BCUT2D eigenvalue weighted by Gasteiger charge is -2.09. The summed E-state index contributed by atoms with van der Waals surface area (Å²) in [5, 5.41) is 0. The highest BCUT2D eigenvalue weighted by molar-refractivity contribution is 5.99. The van der Waals surface area contributed by atoms with Gasteiger partial charge in [0.05, 0.1) is 12.7 Å². The molecule has 2 aromatic carbocycles. The summed E-state index contributed by atoms with van der Waals surface area (Å²) in [5.41, 5.74) is 6.72. The standard InChI is InChI=1S/C18H20N2O3/c1-13(2)23-12-14-8-10-16(11-9-14)18(22)20-19-17(21)15-6-4-3-5-7-15/h3-11,13H,12H2,1-2H3,(H,19,21)(H,20,22). The third-order valence-electron chi connectivity index (χ3n) is 3.12. The number of amides is 2. The summed E-state index contributed by atoms with van der Waals surface area (Å²) in [6, 6.07) is 15.7. The maximum absolute atomic E-state index is 12.0. The molecule has 2 amide bonds. The van der Waals surface area contributed by atoms with E-state index in [1.54, 1.807) is 36.4 Å². The Hall–Kier alpha value is -2.66. The van der Waals surface area contributed by atoms with Crippen LogP contribution in [0, 0.1) is 0 Å². The minimum absolute atomic E-state index is 0.158. The quantitative estimate of drug-likeness (QED) is 0.834. The Morgan fingerprint density at radius 1 is 0.870 bits per heavy atom. The number of hydrogen-bond donors (Lipinski definition) is 2. The van der Waals surface area contributed by atoms with E-state index >= 15 is 0 Å². The van der Waals surface area contributed by atoms with Gasteiger partial charge in [-0.25, -0.2) is 0 Å². The molecule has 0 aliphatic rings. The Kier molecular flexibility index (Phi) is 5.88. The molecule has 0 radical (unpaired) electrons. The zero-order valence-corrected chi connectivity index (χ0v) is 13.2. The van der Waals surface area contributed by atoms with Crippen LogP contribution >= 0.6 is 0 Å². The van der Waals surface area contributed by atoms with Gasteiger partial charge >= 0.3 is 0 Å². The van der Waals surface area contributed by atoms with Crippen molar-refractivity contribution in [3.05, 3.63) is 71.3 Å². The fourth-order valence-electron chi connectivity index (χ4n) is 1.86. The predicted molar refractivity (Wildman–Crippen MR) is 87.7 cm³/mol. The first kappa shape index (κ1) is 16.7. The number of benzene rings is 2. The van der Waals surface area contributed by atoms with Gasteiger partial charge in [0, 0.05) is 11.1 Å². The minimum atomic E-state index is -0.370. The van der Waals surface area contributed by atoms with Gasteiger partial charge in [0.25, 0.3) is 11.8 Å². The van der Waals surface area contributed by atoms with Crippen molar-refractivity contribution in [1.29, 1.82) is 0 Å². The number of nitrogens with one attached hydrogen (secondary N) is 2. The van der Waals surface area contributed by atoms with Gasteiger partial charge in [-0.2, -0.15) is 0 Å². The van der Waals surface area contributed by atoms with E-state index in [0.717, 1.165) is 5.56 Å². The fourth-order valence-corrected chi connectivity index (χ4v) is 1.86. The van der Waals surface area contributed by atoms with E-state index in [4.69, 9.17) is 4.74 Å². The molecule has 0 fully saturated rings. The zero-order chi connectivity index (χ0) is 16.7. The molecular formula is C18H20N2O3. The first-order valence-electron chi connectivity index (χ1n) is 7.42. The molecule has 2 N–H and O–H groups in total. The van der Waals surface area contributed by atoms with Crippen LogP contribution in [0.5, 0.6) is 0 Å². The van der Waals surface area contributed by atoms with Crippen LogP contribution in [0.1, 0.15) is 40.1 Å². The highest BCUT2D eigenvalue weighted by atomic mass is 16.5. The Morgan fingerprint density at radius 2 is 1.39 bits per heavy atom. The minimum Gasteiger partial charge on any atom is -0.374 e. The summed E-state index contributed by atoms with van der Waals surface area (Å²) in [4.78, 5) is 23.8. The van der Waals surface area contributed by atoms with Crippen LogP contribution in [-0.2, 0) is 11.3 Å². The maximum atomic E-state index is 12.0. The average molecular weight is 312 g/mol. The molecule has 5 nitrogen and oxygen atoms in total. The van der Waals surface area contributed by atoms with Crippen molar-refractivity contribution >= 4 is 11.8 Å². The van der Waals surface area contributed by atoms with E-state index in [2.05, 4.69) is 10.9 Å². The Morgan fingerprint density at radius 3 is 1.91 bits per heavy atom. The molecule has 0 saturated heterocycles. The van der Waals surface area contributed by atoms with Crippen molar-refractivity contribution in [3.8, 4) is 0 Å². The predicted octanol–water partition coefficient (Wildman–Crippen LogP) is 2.69. The molecule has 0 spiro atoms. The van der Waals surface area contributed by atoms with Crippen LogP contribution in [0.3, 0.4) is 0 Å². The average Bonchev–Trinajstić information content (AvgIpc) is 2.58. The van der Waals surface area contributed by atoms with Crippen molar-refractivity contribution in [2.24, 2.45) is 0 Å². The second kappa shape index (κ2) is 8.10. The number of carbonyl (C=O) groups is 2. The largest absolute Gasteiger partial charge is 0.374 e. The van der Waals surface area contributed by atoms with Crippen molar-refractivity contribution in [3.63, 3.8) is 0 Å². The molecule has 0 heterocycles. The smallest absolute Gasteiger partial charge is 0.269 e. The zero-order valence-electron chi connectivity index (χ0n) is 13.2. The van der Waals surface area contributed by atoms with Crippen molar-refractivity contribution in [2.45, 2.75) is 26.6 Å². The van der Waals surface area contributed by atoms with Gasteiger partial charge in [0.2, 0.25) is 0 Å². The number of hydrazine groups is 1. The van der Waals surface area contributed by atoms with Gasteiger partial charge in [0.1, 0.15) is 0 Å². The SMILES string of the molecule is CC(C)OCc1ccc(C(=O)NNC(=O)c2ccccc2)cc1. The Bertz CT molecular complexity index is 652. The fraction of sp³-hybridized carbons (Fsp3) is 0.222. The van der Waals surface area contributed by atoms with E-state index in [9.17, 15) is 9.59 Å². The monoisotopic (exact) mass is 312 g/mol. The van der Waals surface area contributed by atoms with Crippen LogP contribution in [0.15, 0.2) is 54.6 Å². The van der Waals surface area contributed by atoms with Crippen LogP contribution < -0.4 is 10.9 Å². The molecule has 0 aliphatic heterocycles. The molecule has 120 valence electrons. The van der Waals surface area contributed by atoms with Gasteiger partial charge in [-0.3, -0.25) is 20.4 Å². The van der Waals surface area contributed by atoms with Gasteiger partial charge in [-0.15, -0.1) is 0 Å². The van der Waals surface area contributed by atoms with E-state index in [0.29, 0.717) is 17.7 Å². The first-order valence-corrected chi connectivity index (χ1v) is 7.42. The number of ether oxygens (including phenoxy) is 1. The molecule has 0 atom stereocenters. The lowest BCUT2D eigenvalue weighted by Crippen LogP contribution is -2.41. The van der Waals surface area contributed by atoms with E-state index in [1.807, 2.05) is 32.0 Å². The van der Waals surface area contributed by atoms with Gasteiger partial charge < -0.3 is 4.74 Å². The number of hydrogen-bond acceptors (Lipinski definition) is 3. The van der Waals surface area contributed by atoms with Gasteiger partial charge in [0.15, 0.2) is 0 Å². The summed E-state index contributed by atoms with van der Waals surface area (Å²) in [6.07, 6.45) is 0.158. The van der Waals surface area contributed by atoms with Crippen molar-refractivity contribution in [1.82, 2.24) is 10.9 Å². The highest BCUT2D eigenvalue weighted by Gasteiger charge is 2.08. The molecular weight excluding hydrogens is 292 g/mol. The Labute approximate surface area is 135 Å². The van der Waals surface area contributed by atoms with Crippen molar-refractivity contribution in [2.75, 3.05) is 0 Å². The molecule has 0 unspecified atom stereocenters. The topological polar surface area (TPSA) is 67.4 Å².